The van der Waals surface area contributed by atoms with Gasteiger partial charge < -0.3 is 0 Å². The fraction of sp³-hybridized carbons (Fsp3) is 0.0598. The highest BCUT2D eigenvalue weighted by atomic mass is 14.9. The molecule has 0 fully saturated rings. The van der Waals surface area contributed by atoms with E-state index < -0.39 is 5.41 Å². The summed E-state index contributed by atoms with van der Waals surface area (Å²) >= 11 is 0. The van der Waals surface area contributed by atoms with Crippen LogP contribution in [-0.2, 0) is 16.2 Å². The third kappa shape index (κ3) is 11.8. The highest BCUT2D eigenvalue weighted by Gasteiger charge is 2.47. The Morgan fingerprint density at radius 1 is 0.179 bits per heavy atom. The quantitative estimate of drug-likeness (QED) is 0.141. The maximum absolute atomic E-state index is 5.36. The van der Waals surface area contributed by atoms with E-state index in [1.54, 1.807) is 0 Å². The van der Waals surface area contributed by atoms with Gasteiger partial charge >= 0.3 is 0 Å². The summed E-state index contributed by atoms with van der Waals surface area (Å²) in [4.78, 5) is 31.5. The van der Waals surface area contributed by atoms with Gasteiger partial charge in [-0.3, -0.25) is 0 Å². The minimum absolute atomic E-state index is 0.0326. The lowest BCUT2D eigenvalue weighted by atomic mass is 9.67. The second kappa shape index (κ2) is 28.9. The van der Waals surface area contributed by atoms with Crippen LogP contribution in [0.5, 0.6) is 0 Å². The van der Waals surface area contributed by atoms with Crippen LogP contribution in [0.1, 0.15) is 72.2 Å². The lowest BCUT2D eigenvalue weighted by Gasteiger charge is -2.33. The molecule has 0 N–H and O–H groups in total. The van der Waals surface area contributed by atoms with Gasteiger partial charge in [0.05, 0.1) is 72.7 Å². The number of nitrogens with zero attached hydrogens (tertiary/aromatic N) is 6. The Hall–Kier alpha value is -15.5. The van der Waals surface area contributed by atoms with Crippen LogP contribution in [0.15, 0.2) is 413 Å². The Labute approximate surface area is 713 Å². The van der Waals surface area contributed by atoms with Crippen molar-refractivity contribution in [3.63, 3.8) is 0 Å². The van der Waals surface area contributed by atoms with Gasteiger partial charge in [-0.05, 0) is 163 Å². The van der Waals surface area contributed by atoms with E-state index in [-0.39, 0.29) is 10.8 Å². The van der Waals surface area contributed by atoms with Crippen molar-refractivity contribution < 1.29 is 0 Å². The van der Waals surface area contributed by atoms with Crippen LogP contribution >= 0.6 is 0 Å². The molecule has 578 valence electrons. The average molecular weight is 1570 g/mol. The van der Waals surface area contributed by atoms with Crippen molar-refractivity contribution in [2.24, 2.45) is 0 Å². The summed E-state index contributed by atoms with van der Waals surface area (Å²) in [6.45, 7) is 9.33. The summed E-state index contributed by atoms with van der Waals surface area (Å²) in [6, 6.07) is 147. The van der Waals surface area contributed by atoms with E-state index in [0.717, 1.165) is 111 Å². The van der Waals surface area contributed by atoms with Crippen molar-refractivity contribution in [1.29, 1.82) is 0 Å². The van der Waals surface area contributed by atoms with Crippen LogP contribution in [0, 0.1) is 0 Å². The van der Waals surface area contributed by atoms with Gasteiger partial charge in [0.2, 0.25) is 0 Å². The predicted molar refractivity (Wildman–Crippen MR) is 511 cm³/mol. The van der Waals surface area contributed by atoms with Crippen molar-refractivity contribution in [2.75, 3.05) is 0 Å². The summed E-state index contributed by atoms with van der Waals surface area (Å²) in [7, 11) is 0. The van der Waals surface area contributed by atoms with Crippen LogP contribution < -0.4 is 0 Å². The first-order valence-corrected chi connectivity index (χ1v) is 42.5. The fourth-order valence-corrected chi connectivity index (χ4v) is 20.3. The molecule has 3 heterocycles. The van der Waals surface area contributed by atoms with Crippen LogP contribution in [0.25, 0.3) is 188 Å². The maximum atomic E-state index is 5.36. The molecule has 25 rings (SSSR count). The molecule has 3 aromatic heterocycles. The van der Waals surface area contributed by atoms with E-state index in [9.17, 15) is 0 Å². The van der Waals surface area contributed by atoms with Crippen molar-refractivity contribution in [1.82, 2.24) is 29.9 Å². The molecule has 0 aliphatic heterocycles. The molecule has 0 atom stereocenters. The summed E-state index contributed by atoms with van der Waals surface area (Å²) in [5.41, 5.74) is 35.4. The normalized spacial score (nSPS) is 13.4. The molecule has 0 amide bonds. The predicted octanol–water partition coefficient (Wildman–Crippen LogP) is 29.6. The molecule has 0 bridgehead atoms. The van der Waals surface area contributed by atoms with E-state index in [1.807, 2.05) is 42.5 Å². The van der Waals surface area contributed by atoms with Gasteiger partial charge in [0, 0.05) is 55.0 Å². The van der Waals surface area contributed by atoms with Gasteiger partial charge in [0.15, 0.2) is 0 Å². The lowest BCUT2D eigenvalue weighted by molar-refractivity contribution is 0.660. The van der Waals surface area contributed by atoms with Crippen LogP contribution in [0.2, 0.25) is 0 Å². The number of fused-ring (bicyclic) bond motifs is 22. The topological polar surface area (TPSA) is 77.3 Å². The number of hydrogen-bond donors (Lipinski definition) is 0. The van der Waals surface area contributed by atoms with Gasteiger partial charge in [-0.1, -0.05) is 398 Å². The third-order valence-corrected chi connectivity index (χ3v) is 26.2. The molecule has 6 nitrogen and oxygen atoms in total. The molecular formula is C117H80N6. The minimum atomic E-state index is -0.434. The van der Waals surface area contributed by atoms with Crippen molar-refractivity contribution >= 4 is 87.0 Å². The smallest absolute Gasteiger partial charge is 0.0973 e. The first kappa shape index (κ1) is 72.7. The van der Waals surface area contributed by atoms with Gasteiger partial charge in [0.1, 0.15) is 0 Å². The lowest BCUT2D eigenvalue weighted by Crippen LogP contribution is -2.28. The Kier molecular flexibility index (Phi) is 17.1. The molecule has 123 heavy (non-hydrogen) atoms. The summed E-state index contributed by atoms with van der Waals surface area (Å²) in [5, 5.41) is 12.0. The molecule has 0 spiro atoms. The summed E-state index contributed by atoms with van der Waals surface area (Å²) in [6.07, 6.45) is 0. The van der Waals surface area contributed by atoms with Crippen LogP contribution in [0.3, 0.4) is 0 Å². The molecule has 22 aromatic rings. The number of para-hydroxylation sites is 2. The maximum Gasteiger partial charge on any atom is 0.0973 e. The summed E-state index contributed by atoms with van der Waals surface area (Å²) in [5.74, 6) is 0. The van der Waals surface area contributed by atoms with E-state index in [1.165, 1.54) is 121 Å². The number of aromatic nitrogens is 6. The van der Waals surface area contributed by atoms with Crippen molar-refractivity contribution in [3.05, 3.63) is 457 Å². The number of benzene rings is 19. The molecule has 0 radical (unpaired) electrons. The van der Waals surface area contributed by atoms with Gasteiger partial charge in [-0.25, -0.2) is 29.9 Å². The first-order valence-electron chi connectivity index (χ1n) is 42.5. The molecule has 0 saturated heterocycles. The first-order chi connectivity index (χ1) is 60.5. The zero-order chi connectivity index (χ0) is 82.1. The zero-order valence-electron chi connectivity index (χ0n) is 68.4. The van der Waals surface area contributed by atoms with E-state index in [2.05, 4.69) is 398 Å². The van der Waals surface area contributed by atoms with Crippen molar-refractivity contribution in [3.8, 4) is 101 Å². The average Bonchev–Trinajstić information content (AvgIpc) is 1.54. The highest BCUT2D eigenvalue weighted by Crippen LogP contribution is 2.59. The van der Waals surface area contributed by atoms with E-state index in [0.29, 0.717) is 0 Å². The fourth-order valence-electron chi connectivity index (χ4n) is 20.3. The monoisotopic (exact) mass is 1570 g/mol. The van der Waals surface area contributed by atoms with Gasteiger partial charge in [0.25, 0.3) is 0 Å². The zero-order valence-corrected chi connectivity index (χ0v) is 68.4. The molecule has 3 aliphatic rings. The molecule has 19 aromatic carbocycles. The highest BCUT2D eigenvalue weighted by molar-refractivity contribution is 6.11. The van der Waals surface area contributed by atoms with E-state index >= 15 is 0 Å². The Morgan fingerprint density at radius 2 is 0.455 bits per heavy atom. The SMILES string of the molecule is CC1(C)c2ccccc2-c2c1ccc1ccc(-c3nc4c(ccc5ccccc54)nc3-c3ccccc3)cc21.CC1(C)c2ccccc2-c2c1ccc1ccc(-c3nc4ccc5ccccc5c4nc3-c3ccccc3)cc21.c1ccc(-c2nc3ccccc3nc2-c2ccc3ccc4c(c3c2)-c2ccccc2C4(c2ccccc2)c2ccccc2)cc1. The molecule has 6 heteroatoms. The molecule has 0 saturated carbocycles. The standard InChI is InChI=1S/C43H28N2.2C37H26N2/c1-4-14-30(15-5-1)41-42(45-39-23-13-12-22-38(39)44-41)31-25-24-29-26-27-37-40(35(29)28-31)34-20-10-11-21-36(34)43(37,32-16-6-2-7-17-32)33-18-8-3-9-19-33;1-37(2)30-15-9-8-14-28(30)33-29-22-26(17-16-24(29)18-20-31(33)37)35-34(25-11-4-3-5-12-25)39-36-27-13-7-6-10-23(27)19-21-32(36)38-35;1-37(2)30-15-9-8-14-28(30)33-29-22-26(17-16-24(29)18-20-31(33)37)35-34(25-11-4-3-5-12-25)38-32-21-19-23-10-6-7-13-27(23)36(32)39-35/h1-28H;2*3-22H,1-2H3. The third-order valence-electron chi connectivity index (χ3n) is 26.2. The van der Waals surface area contributed by atoms with Crippen LogP contribution in [-0.4, -0.2) is 29.9 Å². The largest absolute Gasteiger partial charge is 0.244 e. The number of hydrogen-bond acceptors (Lipinski definition) is 6. The second-order valence-corrected chi connectivity index (χ2v) is 33.8. The molecule has 0 unspecified atom stereocenters. The van der Waals surface area contributed by atoms with E-state index in [4.69, 9.17) is 29.9 Å². The Morgan fingerprint density at radius 3 is 0.870 bits per heavy atom. The van der Waals surface area contributed by atoms with Crippen molar-refractivity contribution in [2.45, 2.75) is 43.9 Å². The Bertz CT molecular complexity index is 8000. The minimum Gasteiger partial charge on any atom is -0.244 e. The number of rotatable bonds is 8. The molecule has 3 aliphatic carbocycles. The second-order valence-electron chi connectivity index (χ2n) is 33.8. The van der Waals surface area contributed by atoms with Gasteiger partial charge in [-0.15, -0.1) is 0 Å². The van der Waals surface area contributed by atoms with Crippen LogP contribution in [0.4, 0.5) is 0 Å². The van der Waals surface area contributed by atoms with Gasteiger partial charge in [-0.2, -0.15) is 0 Å². The molecular weight excluding hydrogens is 1490 g/mol. The summed E-state index contributed by atoms with van der Waals surface area (Å²) < 4.78 is 0. The Balaban J connectivity index is 0.000000107.